The molecule has 0 atom stereocenters. The molecule has 0 spiro atoms. The number of nitriles is 1. The second-order valence-electron chi connectivity index (χ2n) is 8.06. The van der Waals surface area contributed by atoms with E-state index in [0.717, 1.165) is 36.8 Å². The number of nitrogens with zero attached hydrogens (tertiary/aromatic N) is 1. The largest absolute Gasteiger partial charge is 0.490 e. The smallest absolute Gasteiger partial charge is 0.333 e. The molecule has 0 aliphatic carbocycles. The van der Waals surface area contributed by atoms with Gasteiger partial charge in [-0.1, -0.05) is 12.6 Å². The average Bonchev–Trinajstić information content (AvgIpc) is 3.33. The molecule has 0 fully saturated rings. The van der Waals surface area contributed by atoms with Gasteiger partial charge in [0.1, 0.15) is 0 Å². The van der Waals surface area contributed by atoms with Crippen molar-refractivity contribution in [1.29, 1.82) is 5.26 Å². The maximum Gasteiger partial charge on any atom is 0.333 e. The van der Waals surface area contributed by atoms with Gasteiger partial charge in [0.2, 0.25) is 6.79 Å². The number of ether oxygens (including phenoxy) is 5. The summed E-state index contributed by atoms with van der Waals surface area (Å²) in [5.41, 5.74) is 2.51. The zero-order valence-corrected chi connectivity index (χ0v) is 20.3. The average molecular weight is 478 g/mol. The number of carbonyl (C=O) groups excluding carboxylic acids is 1. The van der Waals surface area contributed by atoms with Crippen LogP contribution in [0.15, 0.2) is 48.6 Å². The fraction of sp³-hybridized carbons (Fsp3) is 0.357. The van der Waals surface area contributed by atoms with Gasteiger partial charge >= 0.3 is 5.97 Å². The van der Waals surface area contributed by atoms with Crippen LogP contribution in [-0.4, -0.2) is 32.6 Å². The van der Waals surface area contributed by atoms with Crippen LogP contribution in [0.25, 0.3) is 11.6 Å². The van der Waals surface area contributed by atoms with E-state index in [1.54, 1.807) is 13.0 Å². The lowest BCUT2D eigenvalue weighted by atomic mass is 10.0. The van der Waals surface area contributed by atoms with E-state index in [0.29, 0.717) is 54.0 Å². The van der Waals surface area contributed by atoms with Crippen molar-refractivity contribution in [2.45, 2.75) is 39.5 Å². The van der Waals surface area contributed by atoms with Gasteiger partial charge in [0.15, 0.2) is 23.0 Å². The van der Waals surface area contributed by atoms with Gasteiger partial charge in [-0.15, -0.1) is 0 Å². The highest BCUT2D eigenvalue weighted by Gasteiger charge is 2.15. The number of allylic oxidation sites excluding steroid dienone is 1. The molecule has 0 saturated carbocycles. The van der Waals surface area contributed by atoms with Crippen molar-refractivity contribution < 1.29 is 28.5 Å². The molecule has 2 aromatic rings. The molecule has 0 unspecified atom stereocenters. The first-order chi connectivity index (χ1) is 17.0. The summed E-state index contributed by atoms with van der Waals surface area (Å²) in [7, 11) is 0. The van der Waals surface area contributed by atoms with Gasteiger partial charge in [-0.05, 0) is 87.1 Å². The third-order valence-electron chi connectivity index (χ3n) is 5.26. The van der Waals surface area contributed by atoms with Gasteiger partial charge in [-0.2, -0.15) is 5.26 Å². The molecule has 2 aromatic carbocycles. The number of hydrogen-bond acceptors (Lipinski definition) is 7. The van der Waals surface area contributed by atoms with E-state index in [4.69, 9.17) is 23.7 Å². The van der Waals surface area contributed by atoms with Crippen LogP contribution in [0.5, 0.6) is 23.0 Å². The third-order valence-corrected chi connectivity index (χ3v) is 5.26. The van der Waals surface area contributed by atoms with Crippen molar-refractivity contribution in [3.63, 3.8) is 0 Å². The highest BCUT2D eigenvalue weighted by atomic mass is 16.7. The minimum atomic E-state index is -0.340. The molecule has 184 valence electrons. The first kappa shape index (κ1) is 25.7. The number of esters is 1. The minimum Gasteiger partial charge on any atom is -0.490 e. The lowest BCUT2D eigenvalue weighted by molar-refractivity contribution is -0.139. The minimum absolute atomic E-state index is 0.189. The van der Waals surface area contributed by atoms with Crippen molar-refractivity contribution in [2.75, 3.05) is 26.6 Å². The molecule has 1 aliphatic rings. The molecule has 1 heterocycles. The van der Waals surface area contributed by atoms with Crippen LogP contribution in [0.3, 0.4) is 0 Å². The molecule has 0 saturated heterocycles. The summed E-state index contributed by atoms with van der Waals surface area (Å²) < 4.78 is 27.6. The maximum absolute atomic E-state index is 11.4. The van der Waals surface area contributed by atoms with Crippen LogP contribution in [0, 0.1) is 11.3 Å². The predicted octanol–water partition coefficient (Wildman–Crippen LogP) is 5.94. The number of fused-ring (bicyclic) bond motifs is 1. The summed E-state index contributed by atoms with van der Waals surface area (Å²) in [6.45, 7) is 8.78. The summed E-state index contributed by atoms with van der Waals surface area (Å²) in [6.07, 6.45) is 5.42. The number of rotatable bonds is 13. The summed E-state index contributed by atoms with van der Waals surface area (Å²) in [4.78, 5) is 11.4. The summed E-state index contributed by atoms with van der Waals surface area (Å²) in [5, 5.41) is 9.71. The van der Waals surface area contributed by atoms with Gasteiger partial charge in [0.05, 0.1) is 31.5 Å². The standard InChI is InChI=1S/C28H31NO6/c1-4-31-26-16-21(15-23(18-29)22-10-12-25-27(17-22)35-19-34-25)9-11-24(26)32-13-7-5-6-8-14-33-28(30)20(2)3/h9-12,15-17H,2,4-8,13-14,19H2,1,3H3. The van der Waals surface area contributed by atoms with E-state index in [-0.39, 0.29) is 12.8 Å². The van der Waals surface area contributed by atoms with Crippen LogP contribution in [0.2, 0.25) is 0 Å². The Hall–Kier alpha value is -3.92. The SMILES string of the molecule is C=C(C)C(=O)OCCCCCCOc1ccc(C=C(C#N)c2ccc3c(c2)OCO3)cc1OCC. The van der Waals surface area contributed by atoms with Crippen LogP contribution in [-0.2, 0) is 9.53 Å². The normalized spacial score (nSPS) is 12.1. The fourth-order valence-corrected chi connectivity index (χ4v) is 3.44. The first-order valence-corrected chi connectivity index (χ1v) is 11.8. The zero-order valence-electron chi connectivity index (χ0n) is 20.3. The monoisotopic (exact) mass is 477 g/mol. The summed E-state index contributed by atoms with van der Waals surface area (Å²) in [5.74, 6) is 2.28. The van der Waals surface area contributed by atoms with Gasteiger partial charge < -0.3 is 23.7 Å². The first-order valence-electron chi connectivity index (χ1n) is 11.8. The molecule has 0 N–H and O–H groups in total. The molecular formula is C28H31NO6. The zero-order chi connectivity index (χ0) is 25.0. The number of hydrogen-bond donors (Lipinski definition) is 0. The predicted molar refractivity (Wildman–Crippen MR) is 133 cm³/mol. The van der Waals surface area contributed by atoms with Crippen LogP contribution >= 0.6 is 0 Å². The molecular weight excluding hydrogens is 446 g/mol. The van der Waals surface area contributed by atoms with Gasteiger partial charge in [-0.25, -0.2) is 4.79 Å². The van der Waals surface area contributed by atoms with E-state index in [9.17, 15) is 10.1 Å². The second-order valence-corrected chi connectivity index (χ2v) is 8.06. The lowest BCUT2D eigenvalue weighted by Crippen LogP contribution is -2.06. The Labute approximate surface area is 206 Å². The quantitative estimate of drug-likeness (QED) is 0.116. The summed E-state index contributed by atoms with van der Waals surface area (Å²) >= 11 is 0. The van der Waals surface area contributed by atoms with E-state index in [2.05, 4.69) is 12.6 Å². The third kappa shape index (κ3) is 7.54. The van der Waals surface area contributed by atoms with Gasteiger partial charge in [0, 0.05) is 5.57 Å². The number of benzene rings is 2. The van der Waals surface area contributed by atoms with E-state index in [1.807, 2.05) is 43.3 Å². The Kier molecular flexibility index (Phi) is 9.61. The highest BCUT2D eigenvalue weighted by Crippen LogP contribution is 2.35. The Bertz CT molecular complexity index is 1110. The summed E-state index contributed by atoms with van der Waals surface area (Å²) in [6, 6.07) is 13.4. The second kappa shape index (κ2) is 13.1. The Balaban J connectivity index is 1.55. The Morgan fingerprint density at radius 1 is 1.03 bits per heavy atom. The lowest BCUT2D eigenvalue weighted by Gasteiger charge is -2.13. The van der Waals surface area contributed by atoms with Crippen molar-refractivity contribution in [3.05, 3.63) is 59.7 Å². The van der Waals surface area contributed by atoms with Crippen LogP contribution in [0.4, 0.5) is 0 Å². The van der Waals surface area contributed by atoms with E-state index in [1.165, 1.54) is 0 Å². The highest BCUT2D eigenvalue weighted by molar-refractivity contribution is 5.90. The molecule has 35 heavy (non-hydrogen) atoms. The molecule has 1 aliphatic heterocycles. The van der Waals surface area contributed by atoms with Gasteiger partial charge in [-0.3, -0.25) is 0 Å². The number of unbranched alkanes of at least 4 members (excludes halogenated alkanes) is 3. The molecule has 3 rings (SSSR count). The molecule has 0 radical (unpaired) electrons. The van der Waals surface area contributed by atoms with Crippen molar-refractivity contribution in [2.24, 2.45) is 0 Å². The molecule has 7 heteroatoms. The van der Waals surface area contributed by atoms with Crippen molar-refractivity contribution >= 4 is 17.6 Å². The molecule has 0 bridgehead atoms. The van der Waals surface area contributed by atoms with Gasteiger partial charge in [0.25, 0.3) is 0 Å². The van der Waals surface area contributed by atoms with E-state index < -0.39 is 0 Å². The van der Waals surface area contributed by atoms with Crippen LogP contribution < -0.4 is 18.9 Å². The van der Waals surface area contributed by atoms with E-state index >= 15 is 0 Å². The maximum atomic E-state index is 11.4. The Morgan fingerprint density at radius 3 is 2.54 bits per heavy atom. The number of carbonyl (C=O) groups is 1. The van der Waals surface area contributed by atoms with Crippen LogP contribution in [0.1, 0.15) is 50.7 Å². The van der Waals surface area contributed by atoms with Crippen molar-refractivity contribution in [3.8, 4) is 29.1 Å². The fourth-order valence-electron chi connectivity index (χ4n) is 3.44. The molecule has 0 amide bonds. The Morgan fingerprint density at radius 2 is 1.80 bits per heavy atom. The molecule has 7 nitrogen and oxygen atoms in total. The topological polar surface area (TPSA) is 87.0 Å². The van der Waals surface area contributed by atoms with Crippen molar-refractivity contribution in [1.82, 2.24) is 0 Å². The molecule has 0 aromatic heterocycles.